The molecule has 2 aromatic rings. The number of rotatable bonds is 6. The van der Waals surface area contributed by atoms with Gasteiger partial charge in [0.2, 0.25) is 0 Å². The molecule has 0 radical (unpaired) electrons. The highest BCUT2D eigenvalue weighted by Gasteiger charge is 2.02. The summed E-state index contributed by atoms with van der Waals surface area (Å²) in [5.74, 6) is 2.95. The zero-order valence-electron chi connectivity index (χ0n) is 9.53. The highest BCUT2D eigenvalue weighted by Crippen LogP contribution is 2.21. The van der Waals surface area contributed by atoms with E-state index < -0.39 is 0 Å². The molecule has 2 nitrogen and oxygen atoms in total. The molecule has 0 atom stereocenters. The van der Waals surface area contributed by atoms with Crippen LogP contribution in [0.1, 0.15) is 16.4 Å². The van der Waals surface area contributed by atoms with Crippen molar-refractivity contribution < 1.29 is 4.42 Å². The van der Waals surface area contributed by atoms with Crippen molar-refractivity contribution in [3.63, 3.8) is 0 Å². The number of thioether (sulfide) groups is 1. The van der Waals surface area contributed by atoms with E-state index in [0.29, 0.717) is 0 Å². The molecule has 0 saturated carbocycles. The van der Waals surface area contributed by atoms with E-state index in [-0.39, 0.29) is 0 Å². The lowest BCUT2D eigenvalue weighted by Gasteiger charge is -2.00. The summed E-state index contributed by atoms with van der Waals surface area (Å²) in [5.41, 5.74) is 0. The Morgan fingerprint density at radius 3 is 2.76 bits per heavy atom. The molecule has 0 amide bonds. The first-order valence-corrected chi connectivity index (χ1v) is 7.88. The van der Waals surface area contributed by atoms with Crippen molar-refractivity contribution >= 4 is 34.7 Å². The fraction of sp³-hybridized carbons (Fsp3) is 0.333. The van der Waals surface area contributed by atoms with Crippen molar-refractivity contribution in [3.05, 3.63) is 45.0 Å². The molecule has 0 spiro atoms. The predicted molar refractivity (Wildman–Crippen MR) is 75.8 cm³/mol. The average Bonchev–Trinajstić information content (AvgIpc) is 2.89. The third-order valence-electron chi connectivity index (χ3n) is 2.23. The quantitative estimate of drug-likeness (QED) is 0.864. The first kappa shape index (κ1) is 13.0. The molecule has 0 aromatic carbocycles. The monoisotopic (exact) mass is 287 g/mol. The topological polar surface area (TPSA) is 25.2 Å². The van der Waals surface area contributed by atoms with Crippen molar-refractivity contribution in [2.45, 2.75) is 18.8 Å². The second-order valence-electron chi connectivity index (χ2n) is 3.61. The van der Waals surface area contributed by atoms with Gasteiger partial charge in [0.1, 0.15) is 11.5 Å². The normalized spacial score (nSPS) is 10.9. The number of hydrogen-bond donors (Lipinski definition) is 1. The number of hydrogen-bond acceptors (Lipinski definition) is 4. The number of halogens is 1. The zero-order valence-corrected chi connectivity index (χ0v) is 11.9. The van der Waals surface area contributed by atoms with Gasteiger partial charge in [-0.15, -0.1) is 11.3 Å². The zero-order chi connectivity index (χ0) is 12.1. The molecule has 5 heteroatoms. The highest BCUT2D eigenvalue weighted by atomic mass is 35.5. The third-order valence-corrected chi connectivity index (χ3v) is 4.04. The molecular formula is C12H14ClNOS2. The van der Waals surface area contributed by atoms with Crippen LogP contribution in [-0.2, 0) is 18.8 Å². The summed E-state index contributed by atoms with van der Waals surface area (Å²) >= 11 is 9.23. The summed E-state index contributed by atoms with van der Waals surface area (Å²) in [6.45, 7) is 1.58. The molecule has 2 rings (SSSR count). The van der Waals surface area contributed by atoms with Gasteiger partial charge in [-0.05, 0) is 30.5 Å². The first-order chi connectivity index (χ1) is 8.28. The molecular weight excluding hydrogens is 274 g/mol. The van der Waals surface area contributed by atoms with Gasteiger partial charge in [-0.1, -0.05) is 11.6 Å². The van der Waals surface area contributed by atoms with Gasteiger partial charge >= 0.3 is 0 Å². The van der Waals surface area contributed by atoms with E-state index in [2.05, 4.69) is 11.6 Å². The maximum absolute atomic E-state index is 5.86. The van der Waals surface area contributed by atoms with Crippen LogP contribution >= 0.6 is 34.7 Å². The van der Waals surface area contributed by atoms with E-state index >= 15 is 0 Å². The standard InChI is InChI=1S/C12H14ClNOS2/c1-16-8-10-3-2-9(15-10)6-14-7-11-4-5-12(13)17-11/h2-5,14H,6-8H2,1H3. The molecule has 0 aliphatic carbocycles. The summed E-state index contributed by atoms with van der Waals surface area (Å²) in [6, 6.07) is 8.03. The minimum absolute atomic E-state index is 0.754. The molecule has 0 bridgehead atoms. The van der Waals surface area contributed by atoms with E-state index in [4.69, 9.17) is 16.0 Å². The minimum Gasteiger partial charge on any atom is -0.464 e. The Kier molecular flexibility index (Phi) is 4.98. The van der Waals surface area contributed by atoms with Crippen molar-refractivity contribution in [2.24, 2.45) is 0 Å². The summed E-state index contributed by atoms with van der Waals surface area (Å²) in [5, 5.41) is 3.34. The summed E-state index contributed by atoms with van der Waals surface area (Å²) in [4.78, 5) is 1.24. The molecule has 2 heterocycles. The Balaban J connectivity index is 1.77. The van der Waals surface area contributed by atoms with E-state index in [1.807, 2.05) is 24.3 Å². The second-order valence-corrected chi connectivity index (χ2v) is 6.28. The Labute approximate surface area is 114 Å². The van der Waals surface area contributed by atoms with Crippen LogP contribution in [-0.4, -0.2) is 6.26 Å². The first-order valence-electron chi connectivity index (χ1n) is 5.29. The van der Waals surface area contributed by atoms with Crippen LogP contribution in [0.5, 0.6) is 0 Å². The lowest BCUT2D eigenvalue weighted by molar-refractivity contribution is 0.460. The largest absolute Gasteiger partial charge is 0.464 e. The predicted octanol–water partition coefficient (Wildman–Crippen LogP) is 4.15. The summed E-state index contributed by atoms with van der Waals surface area (Å²) < 4.78 is 6.50. The number of thiophene rings is 1. The van der Waals surface area contributed by atoms with E-state index in [9.17, 15) is 0 Å². The maximum Gasteiger partial charge on any atom is 0.118 e. The van der Waals surface area contributed by atoms with Crippen LogP contribution in [0.2, 0.25) is 4.34 Å². The van der Waals surface area contributed by atoms with E-state index in [0.717, 1.165) is 34.7 Å². The van der Waals surface area contributed by atoms with E-state index in [1.165, 1.54) is 4.88 Å². The van der Waals surface area contributed by atoms with Gasteiger partial charge in [-0.3, -0.25) is 0 Å². The van der Waals surface area contributed by atoms with Gasteiger partial charge in [-0.2, -0.15) is 11.8 Å². The van der Waals surface area contributed by atoms with Crippen LogP contribution in [0.25, 0.3) is 0 Å². The molecule has 1 N–H and O–H groups in total. The Morgan fingerprint density at radius 1 is 1.24 bits per heavy atom. The smallest absolute Gasteiger partial charge is 0.118 e. The van der Waals surface area contributed by atoms with Gasteiger partial charge in [0, 0.05) is 11.4 Å². The molecule has 17 heavy (non-hydrogen) atoms. The average molecular weight is 288 g/mol. The van der Waals surface area contributed by atoms with Crippen molar-refractivity contribution in [2.75, 3.05) is 6.26 Å². The van der Waals surface area contributed by atoms with Gasteiger partial charge < -0.3 is 9.73 Å². The summed E-state index contributed by atoms with van der Waals surface area (Å²) in [7, 11) is 0. The highest BCUT2D eigenvalue weighted by molar-refractivity contribution is 7.97. The molecule has 0 unspecified atom stereocenters. The lowest BCUT2D eigenvalue weighted by atomic mass is 10.4. The van der Waals surface area contributed by atoms with Crippen LogP contribution < -0.4 is 5.32 Å². The molecule has 92 valence electrons. The Hall–Kier alpha value is -0.420. The van der Waals surface area contributed by atoms with Crippen LogP contribution in [0.3, 0.4) is 0 Å². The SMILES string of the molecule is CSCc1ccc(CNCc2ccc(Cl)s2)o1. The number of nitrogens with one attached hydrogen (secondary N) is 1. The molecule has 0 fully saturated rings. The van der Waals surface area contributed by atoms with Crippen molar-refractivity contribution in [3.8, 4) is 0 Å². The van der Waals surface area contributed by atoms with Crippen LogP contribution in [0.15, 0.2) is 28.7 Å². The fourth-order valence-electron chi connectivity index (χ4n) is 1.49. The van der Waals surface area contributed by atoms with Crippen LogP contribution in [0, 0.1) is 0 Å². The van der Waals surface area contributed by atoms with Gasteiger partial charge in [0.05, 0.1) is 16.6 Å². The summed E-state index contributed by atoms with van der Waals surface area (Å²) in [6.07, 6.45) is 2.07. The fourth-order valence-corrected chi connectivity index (χ4v) is 2.99. The molecule has 0 aliphatic heterocycles. The molecule has 0 saturated heterocycles. The van der Waals surface area contributed by atoms with Crippen molar-refractivity contribution in [1.82, 2.24) is 5.32 Å². The maximum atomic E-state index is 5.86. The Bertz CT molecular complexity index is 467. The lowest BCUT2D eigenvalue weighted by Crippen LogP contribution is -2.10. The minimum atomic E-state index is 0.754. The van der Waals surface area contributed by atoms with Gasteiger partial charge in [0.25, 0.3) is 0 Å². The third kappa shape index (κ3) is 4.07. The van der Waals surface area contributed by atoms with Gasteiger partial charge in [-0.25, -0.2) is 0 Å². The second kappa shape index (κ2) is 6.50. The molecule has 2 aromatic heterocycles. The molecule has 0 aliphatic rings. The van der Waals surface area contributed by atoms with Crippen LogP contribution in [0.4, 0.5) is 0 Å². The van der Waals surface area contributed by atoms with E-state index in [1.54, 1.807) is 23.1 Å². The van der Waals surface area contributed by atoms with Gasteiger partial charge in [0.15, 0.2) is 0 Å². The van der Waals surface area contributed by atoms with Crippen molar-refractivity contribution in [1.29, 1.82) is 0 Å². The number of furan rings is 1. The Morgan fingerprint density at radius 2 is 2.06 bits per heavy atom.